The topological polar surface area (TPSA) is 32.3 Å². The molecule has 0 aliphatic heterocycles. The number of nitrogens with one attached hydrogen (secondary N) is 1. The van der Waals surface area contributed by atoms with Crippen LogP contribution in [0.3, 0.4) is 0 Å². The molecule has 1 rings (SSSR count). The van der Waals surface area contributed by atoms with Gasteiger partial charge in [0.2, 0.25) is 0 Å². The van der Waals surface area contributed by atoms with Crippen molar-refractivity contribution in [2.24, 2.45) is 0 Å². The molecule has 0 aromatic rings. The van der Waals surface area contributed by atoms with E-state index in [1.165, 1.54) is 25.7 Å². The lowest BCUT2D eigenvalue weighted by molar-refractivity contribution is 0.0174. The summed E-state index contributed by atoms with van der Waals surface area (Å²) in [5.41, 5.74) is -0.246. The largest absolute Gasteiger partial charge is 0.389 e. The zero-order chi connectivity index (χ0) is 12.1. The van der Waals surface area contributed by atoms with Crippen molar-refractivity contribution in [3.63, 3.8) is 0 Å². The van der Waals surface area contributed by atoms with Crippen LogP contribution in [0.15, 0.2) is 0 Å². The van der Waals surface area contributed by atoms with Crippen molar-refractivity contribution in [2.45, 2.75) is 83.3 Å². The highest BCUT2D eigenvalue weighted by molar-refractivity contribution is 4.88. The molecule has 1 saturated carbocycles. The van der Waals surface area contributed by atoms with Gasteiger partial charge in [-0.3, -0.25) is 0 Å². The van der Waals surface area contributed by atoms with Gasteiger partial charge in [0.15, 0.2) is 0 Å². The third-order valence-electron chi connectivity index (χ3n) is 4.44. The summed E-state index contributed by atoms with van der Waals surface area (Å²) in [6, 6.07) is 0. The standard InChI is InChI=1S/C14H29NO/c1-4-13(3,5-2)15-12-14(16)10-8-6-7-9-11-14/h15-16H,4-12H2,1-3H3. The van der Waals surface area contributed by atoms with Gasteiger partial charge in [-0.1, -0.05) is 39.5 Å². The van der Waals surface area contributed by atoms with Crippen LogP contribution in [-0.4, -0.2) is 22.8 Å². The average Bonchev–Trinajstić information content (AvgIpc) is 2.52. The van der Waals surface area contributed by atoms with Crippen LogP contribution in [0.2, 0.25) is 0 Å². The second kappa shape index (κ2) is 6.02. The van der Waals surface area contributed by atoms with E-state index in [2.05, 4.69) is 26.1 Å². The zero-order valence-corrected chi connectivity index (χ0v) is 11.3. The Hall–Kier alpha value is -0.0800. The Morgan fingerprint density at radius 3 is 2.00 bits per heavy atom. The number of aliphatic hydroxyl groups is 1. The van der Waals surface area contributed by atoms with Crippen molar-refractivity contribution in [3.8, 4) is 0 Å². The summed E-state index contributed by atoms with van der Waals surface area (Å²) < 4.78 is 0. The van der Waals surface area contributed by atoms with Gasteiger partial charge < -0.3 is 10.4 Å². The lowest BCUT2D eigenvalue weighted by Crippen LogP contribution is -2.50. The van der Waals surface area contributed by atoms with Gasteiger partial charge in [0, 0.05) is 12.1 Å². The molecule has 0 saturated heterocycles. The maximum Gasteiger partial charge on any atom is 0.0771 e. The Morgan fingerprint density at radius 1 is 1.06 bits per heavy atom. The van der Waals surface area contributed by atoms with Crippen LogP contribution < -0.4 is 5.32 Å². The van der Waals surface area contributed by atoms with E-state index in [0.29, 0.717) is 0 Å². The Morgan fingerprint density at radius 2 is 1.56 bits per heavy atom. The van der Waals surface area contributed by atoms with Gasteiger partial charge in [0.05, 0.1) is 5.60 Å². The Labute approximate surface area is 101 Å². The number of rotatable bonds is 5. The maximum atomic E-state index is 10.5. The molecule has 0 amide bonds. The summed E-state index contributed by atoms with van der Waals surface area (Å²) in [7, 11) is 0. The molecule has 0 bridgehead atoms. The van der Waals surface area contributed by atoms with Crippen LogP contribution in [0.5, 0.6) is 0 Å². The summed E-state index contributed by atoms with van der Waals surface area (Å²) in [6.45, 7) is 7.46. The van der Waals surface area contributed by atoms with E-state index >= 15 is 0 Å². The summed E-state index contributed by atoms with van der Waals surface area (Å²) >= 11 is 0. The lowest BCUT2D eigenvalue weighted by Gasteiger charge is -2.35. The van der Waals surface area contributed by atoms with E-state index in [9.17, 15) is 5.11 Å². The van der Waals surface area contributed by atoms with E-state index in [1.54, 1.807) is 0 Å². The van der Waals surface area contributed by atoms with Crippen molar-refractivity contribution in [1.29, 1.82) is 0 Å². The van der Waals surface area contributed by atoms with E-state index < -0.39 is 5.60 Å². The summed E-state index contributed by atoms with van der Waals surface area (Å²) in [4.78, 5) is 0. The fourth-order valence-electron chi connectivity index (χ4n) is 2.44. The molecule has 96 valence electrons. The normalized spacial score (nSPS) is 21.8. The fraction of sp³-hybridized carbons (Fsp3) is 1.00. The van der Waals surface area contributed by atoms with Crippen molar-refractivity contribution >= 4 is 0 Å². The van der Waals surface area contributed by atoms with Crippen LogP contribution in [-0.2, 0) is 0 Å². The summed E-state index contributed by atoms with van der Waals surface area (Å²) in [5.74, 6) is 0. The molecule has 1 fully saturated rings. The molecule has 0 unspecified atom stereocenters. The maximum absolute atomic E-state index is 10.5. The zero-order valence-electron chi connectivity index (χ0n) is 11.3. The first kappa shape index (κ1) is 14.0. The monoisotopic (exact) mass is 227 g/mol. The van der Waals surface area contributed by atoms with Crippen molar-refractivity contribution < 1.29 is 5.11 Å². The molecule has 0 aromatic heterocycles. The number of hydrogen-bond acceptors (Lipinski definition) is 2. The van der Waals surface area contributed by atoms with Gasteiger partial charge in [-0.05, 0) is 32.6 Å². The van der Waals surface area contributed by atoms with Crippen LogP contribution in [0.4, 0.5) is 0 Å². The molecule has 2 N–H and O–H groups in total. The van der Waals surface area contributed by atoms with Gasteiger partial charge in [0.25, 0.3) is 0 Å². The van der Waals surface area contributed by atoms with Gasteiger partial charge in [0.1, 0.15) is 0 Å². The molecule has 0 atom stereocenters. The van der Waals surface area contributed by atoms with Crippen molar-refractivity contribution in [1.82, 2.24) is 5.32 Å². The van der Waals surface area contributed by atoms with Crippen LogP contribution in [0.1, 0.15) is 72.1 Å². The third-order valence-corrected chi connectivity index (χ3v) is 4.44. The predicted octanol–water partition coefficient (Wildman–Crippen LogP) is 3.24. The molecule has 0 aromatic carbocycles. The molecular formula is C14H29NO. The van der Waals surface area contributed by atoms with Crippen LogP contribution in [0, 0.1) is 0 Å². The van der Waals surface area contributed by atoms with Crippen molar-refractivity contribution in [3.05, 3.63) is 0 Å². The predicted molar refractivity (Wildman–Crippen MR) is 69.6 cm³/mol. The van der Waals surface area contributed by atoms with Gasteiger partial charge >= 0.3 is 0 Å². The highest BCUT2D eigenvalue weighted by Crippen LogP contribution is 2.27. The Balaban J connectivity index is 2.45. The molecule has 2 heteroatoms. The van der Waals surface area contributed by atoms with Gasteiger partial charge in [-0.25, -0.2) is 0 Å². The molecule has 0 radical (unpaired) electrons. The van der Waals surface area contributed by atoms with E-state index in [0.717, 1.165) is 32.2 Å². The molecule has 0 heterocycles. The summed E-state index contributed by atoms with van der Waals surface area (Å²) in [5, 5.41) is 14.1. The molecule has 0 spiro atoms. The first-order chi connectivity index (χ1) is 7.54. The van der Waals surface area contributed by atoms with Gasteiger partial charge in [-0.2, -0.15) is 0 Å². The SMILES string of the molecule is CCC(C)(CC)NCC1(O)CCCCCC1. The quantitative estimate of drug-likeness (QED) is 0.707. The van der Waals surface area contributed by atoms with Crippen LogP contribution >= 0.6 is 0 Å². The number of β-amino-alcohol motifs (C(OH)–C–C–N with tert-alkyl or cyclic N) is 1. The Kier molecular flexibility index (Phi) is 5.26. The van der Waals surface area contributed by atoms with E-state index in [1.807, 2.05) is 0 Å². The third kappa shape index (κ3) is 4.06. The minimum atomic E-state index is -0.442. The molecule has 1 aliphatic rings. The van der Waals surface area contributed by atoms with E-state index in [4.69, 9.17) is 0 Å². The first-order valence-electron chi connectivity index (χ1n) is 7.01. The van der Waals surface area contributed by atoms with Gasteiger partial charge in [-0.15, -0.1) is 0 Å². The molecular weight excluding hydrogens is 198 g/mol. The molecule has 2 nitrogen and oxygen atoms in total. The second-order valence-electron chi connectivity index (χ2n) is 5.76. The minimum absolute atomic E-state index is 0.196. The average molecular weight is 227 g/mol. The fourth-order valence-corrected chi connectivity index (χ4v) is 2.44. The molecule has 16 heavy (non-hydrogen) atoms. The highest BCUT2D eigenvalue weighted by Gasteiger charge is 2.30. The van der Waals surface area contributed by atoms with Crippen LogP contribution in [0.25, 0.3) is 0 Å². The molecule has 1 aliphatic carbocycles. The van der Waals surface area contributed by atoms with Crippen molar-refractivity contribution in [2.75, 3.05) is 6.54 Å². The smallest absolute Gasteiger partial charge is 0.0771 e. The minimum Gasteiger partial charge on any atom is -0.389 e. The highest BCUT2D eigenvalue weighted by atomic mass is 16.3. The second-order valence-corrected chi connectivity index (χ2v) is 5.76. The first-order valence-corrected chi connectivity index (χ1v) is 7.01. The lowest BCUT2D eigenvalue weighted by atomic mass is 9.90. The van der Waals surface area contributed by atoms with E-state index in [-0.39, 0.29) is 5.54 Å². The number of hydrogen-bond donors (Lipinski definition) is 2. The Bertz CT molecular complexity index is 191. The summed E-state index contributed by atoms with van der Waals surface area (Å²) in [6.07, 6.45) is 9.16.